The molecule has 0 fully saturated rings. The molecule has 0 aliphatic carbocycles. The van der Waals surface area contributed by atoms with E-state index < -0.39 is 0 Å². The van der Waals surface area contributed by atoms with E-state index in [1.165, 1.54) is 5.57 Å². The van der Waals surface area contributed by atoms with Crippen LogP contribution >= 0.6 is 0 Å². The number of ether oxygens (including phenoxy) is 1. The van der Waals surface area contributed by atoms with Crippen LogP contribution in [0.2, 0.25) is 0 Å². The highest BCUT2D eigenvalue weighted by Gasteiger charge is 1.99. The van der Waals surface area contributed by atoms with Gasteiger partial charge in [-0.05, 0) is 31.1 Å². The van der Waals surface area contributed by atoms with Crippen molar-refractivity contribution in [1.29, 1.82) is 0 Å². The maximum Gasteiger partial charge on any atom is 0.127 e. The zero-order valence-electron chi connectivity index (χ0n) is 9.66. The molecule has 80 valence electrons. The van der Waals surface area contributed by atoms with Crippen LogP contribution in [0.25, 0.3) is 0 Å². The Hall–Kier alpha value is -1.50. The number of benzene rings is 1. The standard InChI is InChI=1S/C14H18O/c1-11(2)12(3)10-13(4)15-14-8-6-5-7-9-14/h5-11H,4H2,1-3H3/b12-10+. The third-order valence-electron chi connectivity index (χ3n) is 2.29. The second-order valence-electron chi connectivity index (χ2n) is 3.92. The van der Waals surface area contributed by atoms with Crippen molar-refractivity contribution in [1.82, 2.24) is 0 Å². The molecule has 15 heavy (non-hydrogen) atoms. The summed E-state index contributed by atoms with van der Waals surface area (Å²) >= 11 is 0. The maximum atomic E-state index is 5.56. The lowest BCUT2D eigenvalue weighted by Crippen LogP contribution is -1.94. The highest BCUT2D eigenvalue weighted by Crippen LogP contribution is 2.15. The first kappa shape index (κ1) is 11.6. The molecule has 0 spiro atoms. The van der Waals surface area contributed by atoms with Crippen LogP contribution in [0.4, 0.5) is 0 Å². The van der Waals surface area contributed by atoms with Gasteiger partial charge in [-0.15, -0.1) is 0 Å². The number of rotatable bonds is 4. The lowest BCUT2D eigenvalue weighted by atomic mass is 10.1. The Bertz CT molecular complexity index is 347. The van der Waals surface area contributed by atoms with E-state index in [1.54, 1.807) is 0 Å². The number of hydrogen-bond donors (Lipinski definition) is 0. The van der Waals surface area contributed by atoms with Crippen molar-refractivity contribution in [3.8, 4) is 5.75 Å². The molecular weight excluding hydrogens is 184 g/mol. The van der Waals surface area contributed by atoms with Crippen molar-refractivity contribution in [3.63, 3.8) is 0 Å². The third-order valence-corrected chi connectivity index (χ3v) is 2.29. The molecule has 1 rings (SSSR count). The van der Waals surface area contributed by atoms with Crippen LogP contribution in [0.15, 0.2) is 54.3 Å². The molecule has 0 aliphatic heterocycles. The molecule has 0 bridgehead atoms. The van der Waals surface area contributed by atoms with E-state index >= 15 is 0 Å². The Morgan fingerprint density at radius 2 is 1.87 bits per heavy atom. The molecule has 1 heteroatoms. The summed E-state index contributed by atoms with van der Waals surface area (Å²) in [5.74, 6) is 2.05. The molecule has 0 N–H and O–H groups in total. The summed E-state index contributed by atoms with van der Waals surface area (Å²) in [6.45, 7) is 10.3. The molecule has 0 radical (unpaired) electrons. The molecule has 1 nitrogen and oxygen atoms in total. The molecule has 1 aromatic carbocycles. The average molecular weight is 202 g/mol. The Balaban J connectivity index is 2.61. The molecule has 0 atom stereocenters. The lowest BCUT2D eigenvalue weighted by Gasteiger charge is -2.08. The molecule has 0 unspecified atom stereocenters. The molecule has 0 heterocycles. The van der Waals surface area contributed by atoms with E-state index in [9.17, 15) is 0 Å². The average Bonchev–Trinajstić information content (AvgIpc) is 2.18. The summed E-state index contributed by atoms with van der Waals surface area (Å²) < 4.78 is 5.56. The first-order valence-corrected chi connectivity index (χ1v) is 5.19. The minimum atomic E-state index is 0.529. The Morgan fingerprint density at radius 1 is 1.27 bits per heavy atom. The Labute approximate surface area is 92.1 Å². The monoisotopic (exact) mass is 202 g/mol. The summed E-state index contributed by atoms with van der Waals surface area (Å²) in [4.78, 5) is 0. The fourth-order valence-corrected chi connectivity index (χ4v) is 1.09. The van der Waals surface area contributed by atoms with Gasteiger partial charge in [0.25, 0.3) is 0 Å². The van der Waals surface area contributed by atoms with Crippen molar-refractivity contribution >= 4 is 0 Å². The van der Waals surface area contributed by atoms with Gasteiger partial charge in [-0.1, -0.05) is 44.2 Å². The smallest absolute Gasteiger partial charge is 0.127 e. The quantitative estimate of drug-likeness (QED) is 0.525. The fourth-order valence-electron chi connectivity index (χ4n) is 1.09. The predicted molar refractivity (Wildman–Crippen MR) is 64.8 cm³/mol. The van der Waals surface area contributed by atoms with Gasteiger partial charge in [-0.25, -0.2) is 0 Å². The predicted octanol–water partition coefficient (Wildman–Crippen LogP) is 4.18. The van der Waals surface area contributed by atoms with Gasteiger partial charge < -0.3 is 4.74 Å². The zero-order valence-corrected chi connectivity index (χ0v) is 9.66. The van der Waals surface area contributed by atoms with Crippen LogP contribution in [0, 0.1) is 5.92 Å². The van der Waals surface area contributed by atoms with E-state index in [0.717, 1.165) is 5.75 Å². The zero-order chi connectivity index (χ0) is 11.3. The molecule has 0 saturated heterocycles. The van der Waals surface area contributed by atoms with Gasteiger partial charge in [-0.3, -0.25) is 0 Å². The summed E-state index contributed by atoms with van der Waals surface area (Å²) in [5.41, 5.74) is 1.27. The molecule has 0 aliphatic rings. The second-order valence-corrected chi connectivity index (χ2v) is 3.92. The summed E-state index contributed by atoms with van der Waals surface area (Å²) in [7, 11) is 0. The molecular formula is C14H18O. The first-order chi connectivity index (χ1) is 7.09. The molecule has 0 saturated carbocycles. The van der Waals surface area contributed by atoms with E-state index in [2.05, 4.69) is 27.4 Å². The van der Waals surface area contributed by atoms with Gasteiger partial charge in [0, 0.05) is 0 Å². The van der Waals surface area contributed by atoms with Gasteiger partial charge in [0.1, 0.15) is 11.5 Å². The van der Waals surface area contributed by atoms with E-state index in [-0.39, 0.29) is 0 Å². The number of para-hydroxylation sites is 1. The SMILES string of the molecule is C=C(/C=C(\C)C(C)C)Oc1ccccc1. The van der Waals surface area contributed by atoms with Crippen LogP contribution in [-0.4, -0.2) is 0 Å². The van der Waals surface area contributed by atoms with Crippen molar-refractivity contribution in [2.45, 2.75) is 20.8 Å². The van der Waals surface area contributed by atoms with Crippen molar-refractivity contribution in [2.24, 2.45) is 5.92 Å². The normalized spacial score (nSPS) is 11.6. The first-order valence-electron chi connectivity index (χ1n) is 5.19. The topological polar surface area (TPSA) is 9.23 Å². The number of allylic oxidation sites excluding steroid dienone is 2. The summed E-state index contributed by atoms with van der Waals surface area (Å²) in [5, 5.41) is 0. The lowest BCUT2D eigenvalue weighted by molar-refractivity contribution is 0.445. The van der Waals surface area contributed by atoms with Crippen LogP contribution < -0.4 is 4.74 Å². The van der Waals surface area contributed by atoms with Gasteiger partial charge in [0.15, 0.2) is 0 Å². The second kappa shape index (κ2) is 5.40. The summed E-state index contributed by atoms with van der Waals surface area (Å²) in [6.07, 6.45) is 1.98. The van der Waals surface area contributed by atoms with Gasteiger partial charge in [-0.2, -0.15) is 0 Å². The van der Waals surface area contributed by atoms with Crippen molar-refractivity contribution < 1.29 is 4.74 Å². The third kappa shape index (κ3) is 4.03. The highest BCUT2D eigenvalue weighted by molar-refractivity contribution is 5.26. The highest BCUT2D eigenvalue weighted by atomic mass is 16.5. The maximum absolute atomic E-state index is 5.56. The van der Waals surface area contributed by atoms with Gasteiger partial charge >= 0.3 is 0 Å². The van der Waals surface area contributed by atoms with E-state index in [0.29, 0.717) is 11.7 Å². The van der Waals surface area contributed by atoms with Crippen LogP contribution in [0.5, 0.6) is 5.75 Å². The van der Waals surface area contributed by atoms with Crippen LogP contribution in [0.3, 0.4) is 0 Å². The van der Waals surface area contributed by atoms with Crippen molar-refractivity contribution in [3.05, 3.63) is 54.3 Å². The largest absolute Gasteiger partial charge is 0.458 e. The minimum absolute atomic E-state index is 0.529. The van der Waals surface area contributed by atoms with Gasteiger partial charge in [0.05, 0.1) is 0 Å². The fraction of sp³-hybridized carbons (Fsp3) is 0.286. The van der Waals surface area contributed by atoms with E-state index in [1.807, 2.05) is 36.4 Å². The van der Waals surface area contributed by atoms with Crippen LogP contribution in [0.1, 0.15) is 20.8 Å². The van der Waals surface area contributed by atoms with Crippen LogP contribution in [-0.2, 0) is 0 Å². The summed E-state index contributed by atoms with van der Waals surface area (Å²) in [6, 6.07) is 9.70. The Kier molecular flexibility index (Phi) is 4.17. The van der Waals surface area contributed by atoms with Crippen molar-refractivity contribution in [2.75, 3.05) is 0 Å². The van der Waals surface area contributed by atoms with E-state index in [4.69, 9.17) is 4.74 Å². The minimum Gasteiger partial charge on any atom is -0.458 e. The molecule has 0 aromatic heterocycles. The Morgan fingerprint density at radius 3 is 2.40 bits per heavy atom. The number of hydrogen-bond acceptors (Lipinski definition) is 1. The molecule has 1 aromatic rings. The van der Waals surface area contributed by atoms with Gasteiger partial charge in [0.2, 0.25) is 0 Å². The molecule has 0 amide bonds.